The molecule has 2 amide bonds. The molecule has 4 nitrogen and oxygen atoms in total. The molecule has 20 heavy (non-hydrogen) atoms. The second kappa shape index (κ2) is 6.77. The number of urea groups is 1. The lowest BCUT2D eigenvalue weighted by Crippen LogP contribution is -2.41. The van der Waals surface area contributed by atoms with Crippen LogP contribution in [0.2, 0.25) is 5.02 Å². The van der Waals surface area contributed by atoms with E-state index in [1.165, 1.54) is 0 Å². The van der Waals surface area contributed by atoms with Gasteiger partial charge in [0.05, 0.1) is 6.04 Å². The second-order valence-corrected chi connectivity index (χ2v) is 5.50. The number of aliphatic hydroxyl groups is 1. The summed E-state index contributed by atoms with van der Waals surface area (Å²) in [5.74, 6) is 0.144. The van der Waals surface area contributed by atoms with Gasteiger partial charge >= 0.3 is 6.03 Å². The van der Waals surface area contributed by atoms with Gasteiger partial charge in [0.1, 0.15) is 0 Å². The molecule has 1 aromatic carbocycles. The summed E-state index contributed by atoms with van der Waals surface area (Å²) in [6.45, 7) is 2.03. The van der Waals surface area contributed by atoms with Crippen LogP contribution in [-0.4, -0.2) is 23.8 Å². The van der Waals surface area contributed by atoms with Crippen LogP contribution in [0, 0.1) is 5.92 Å². The van der Waals surface area contributed by atoms with Gasteiger partial charge in [-0.3, -0.25) is 0 Å². The third-order valence-electron chi connectivity index (χ3n) is 3.42. The summed E-state index contributed by atoms with van der Waals surface area (Å²) in [5.41, 5.74) is 0.961. The molecule has 108 valence electrons. The highest BCUT2D eigenvalue weighted by atomic mass is 35.5. The summed E-state index contributed by atoms with van der Waals surface area (Å²) in [6.07, 6.45) is 4.60. The predicted molar refractivity (Wildman–Crippen MR) is 79.7 cm³/mol. The number of aliphatic hydroxyl groups excluding tert-OH is 1. The maximum Gasteiger partial charge on any atom is 0.315 e. The van der Waals surface area contributed by atoms with Crippen LogP contribution in [0.25, 0.3) is 0 Å². The van der Waals surface area contributed by atoms with Gasteiger partial charge in [-0.25, -0.2) is 4.79 Å². The molecule has 0 saturated heterocycles. The van der Waals surface area contributed by atoms with Crippen molar-refractivity contribution in [2.75, 3.05) is 6.61 Å². The molecule has 1 aromatic rings. The van der Waals surface area contributed by atoms with E-state index in [2.05, 4.69) is 10.6 Å². The van der Waals surface area contributed by atoms with Gasteiger partial charge in [-0.2, -0.15) is 0 Å². The SMILES string of the molecule is C[C@@H](NC(=O)N[C@@H]1C=C[C@H](CO)C1)c1cccc(Cl)c1. The van der Waals surface area contributed by atoms with Crippen molar-refractivity contribution in [3.05, 3.63) is 47.0 Å². The Morgan fingerprint density at radius 2 is 2.30 bits per heavy atom. The molecule has 0 radical (unpaired) electrons. The molecule has 0 fully saturated rings. The Morgan fingerprint density at radius 1 is 1.50 bits per heavy atom. The van der Waals surface area contributed by atoms with E-state index in [0.717, 1.165) is 12.0 Å². The zero-order chi connectivity index (χ0) is 14.5. The first-order chi connectivity index (χ1) is 9.58. The molecule has 0 unspecified atom stereocenters. The van der Waals surface area contributed by atoms with Gasteiger partial charge in [-0.15, -0.1) is 0 Å². The topological polar surface area (TPSA) is 61.4 Å². The number of rotatable bonds is 4. The molecule has 1 aliphatic carbocycles. The lowest BCUT2D eigenvalue weighted by molar-refractivity contribution is 0.229. The summed E-state index contributed by atoms with van der Waals surface area (Å²) in [4.78, 5) is 11.9. The summed E-state index contributed by atoms with van der Waals surface area (Å²) in [5, 5.41) is 15.5. The van der Waals surface area contributed by atoms with Gasteiger partial charge in [-0.1, -0.05) is 35.9 Å². The quantitative estimate of drug-likeness (QED) is 0.748. The number of hydrogen-bond acceptors (Lipinski definition) is 2. The van der Waals surface area contributed by atoms with Crippen LogP contribution in [0.5, 0.6) is 0 Å². The molecule has 0 heterocycles. The highest BCUT2D eigenvalue weighted by molar-refractivity contribution is 6.30. The maximum absolute atomic E-state index is 11.9. The fourth-order valence-electron chi connectivity index (χ4n) is 2.28. The Bertz CT molecular complexity index is 504. The van der Waals surface area contributed by atoms with E-state index in [0.29, 0.717) is 5.02 Å². The van der Waals surface area contributed by atoms with Crippen molar-refractivity contribution in [1.29, 1.82) is 0 Å². The summed E-state index contributed by atoms with van der Waals surface area (Å²) in [7, 11) is 0. The number of hydrogen-bond donors (Lipinski definition) is 3. The molecule has 0 spiro atoms. The Labute approximate surface area is 123 Å². The minimum atomic E-state index is -0.217. The largest absolute Gasteiger partial charge is 0.396 e. The van der Waals surface area contributed by atoms with Gasteiger partial charge in [0.25, 0.3) is 0 Å². The molecule has 3 atom stereocenters. The zero-order valence-corrected chi connectivity index (χ0v) is 12.1. The van der Waals surface area contributed by atoms with Gasteiger partial charge < -0.3 is 15.7 Å². The first kappa shape index (κ1) is 14.9. The standard InChI is InChI=1S/C15H19ClN2O2/c1-10(12-3-2-4-13(16)8-12)17-15(20)18-14-6-5-11(7-14)9-19/h2-6,8,10-11,14,19H,7,9H2,1H3,(H2,17,18,20)/t10-,11+,14-/m1/s1. The van der Waals surface area contributed by atoms with Crippen molar-refractivity contribution in [3.63, 3.8) is 0 Å². The zero-order valence-electron chi connectivity index (χ0n) is 11.3. The smallest absolute Gasteiger partial charge is 0.315 e. The van der Waals surface area contributed by atoms with Crippen molar-refractivity contribution >= 4 is 17.6 Å². The Morgan fingerprint density at radius 3 is 2.95 bits per heavy atom. The summed E-state index contributed by atoms with van der Waals surface area (Å²) in [6, 6.07) is 7.07. The van der Waals surface area contributed by atoms with E-state index in [9.17, 15) is 4.79 Å². The van der Waals surface area contributed by atoms with Crippen molar-refractivity contribution in [2.45, 2.75) is 25.4 Å². The minimum Gasteiger partial charge on any atom is -0.396 e. The minimum absolute atomic E-state index is 0.0151. The van der Waals surface area contributed by atoms with Gasteiger partial charge in [0.2, 0.25) is 0 Å². The molecule has 0 aliphatic heterocycles. The first-order valence-electron chi connectivity index (χ1n) is 6.70. The average molecular weight is 295 g/mol. The number of halogens is 1. The predicted octanol–water partition coefficient (Wildman–Crippen LogP) is 2.64. The number of carbonyl (C=O) groups is 1. The highest BCUT2D eigenvalue weighted by Gasteiger charge is 2.20. The molecule has 5 heteroatoms. The number of benzene rings is 1. The molecule has 0 saturated carbocycles. The van der Waals surface area contributed by atoms with Crippen molar-refractivity contribution in [3.8, 4) is 0 Å². The van der Waals surface area contributed by atoms with Crippen LogP contribution in [0.15, 0.2) is 36.4 Å². The lowest BCUT2D eigenvalue weighted by Gasteiger charge is -2.18. The fourth-order valence-corrected chi connectivity index (χ4v) is 2.48. The lowest BCUT2D eigenvalue weighted by atomic mass is 10.1. The van der Waals surface area contributed by atoms with Crippen molar-refractivity contribution in [1.82, 2.24) is 10.6 Å². The van der Waals surface area contributed by atoms with Crippen LogP contribution < -0.4 is 10.6 Å². The van der Waals surface area contributed by atoms with Crippen molar-refractivity contribution in [2.24, 2.45) is 5.92 Å². The monoisotopic (exact) mass is 294 g/mol. The average Bonchev–Trinajstić information content (AvgIpc) is 2.86. The summed E-state index contributed by atoms with van der Waals surface area (Å²) >= 11 is 5.93. The third kappa shape index (κ3) is 3.99. The summed E-state index contributed by atoms with van der Waals surface area (Å²) < 4.78 is 0. The molecule has 2 rings (SSSR count). The normalized spacial score (nSPS) is 22.6. The number of amides is 2. The van der Waals surface area contributed by atoms with Crippen LogP contribution in [0.3, 0.4) is 0 Å². The van der Waals surface area contributed by atoms with E-state index in [1.54, 1.807) is 6.07 Å². The van der Waals surface area contributed by atoms with Crippen LogP contribution in [-0.2, 0) is 0 Å². The van der Waals surface area contributed by atoms with E-state index < -0.39 is 0 Å². The highest BCUT2D eigenvalue weighted by Crippen LogP contribution is 2.18. The van der Waals surface area contributed by atoms with E-state index in [-0.39, 0.29) is 30.6 Å². The fraction of sp³-hybridized carbons (Fsp3) is 0.400. The van der Waals surface area contributed by atoms with E-state index >= 15 is 0 Å². The Balaban J connectivity index is 1.84. The van der Waals surface area contributed by atoms with Gasteiger partial charge in [0.15, 0.2) is 0 Å². The Hall–Kier alpha value is -1.52. The molecule has 1 aliphatic rings. The van der Waals surface area contributed by atoms with Crippen LogP contribution in [0.1, 0.15) is 24.9 Å². The molecule has 0 aromatic heterocycles. The van der Waals surface area contributed by atoms with Crippen molar-refractivity contribution < 1.29 is 9.90 Å². The van der Waals surface area contributed by atoms with Gasteiger partial charge in [0, 0.05) is 23.6 Å². The third-order valence-corrected chi connectivity index (χ3v) is 3.65. The second-order valence-electron chi connectivity index (χ2n) is 5.06. The van der Waals surface area contributed by atoms with Gasteiger partial charge in [-0.05, 0) is 31.0 Å². The maximum atomic E-state index is 11.9. The van der Waals surface area contributed by atoms with E-state index in [1.807, 2.05) is 37.3 Å². The molecular weight excluding hydrogens is 276 g/mol. The molecular formula is C15H19ClN2O2. The van der Waals surface area contributed by atoms with Crippen LogP contribution in [0.4, 0.5) is 4.79 Å². The van der Waals surface area contributed by atoms with E-state index in [4.69, 9.17) is 16.7 Å². The van der Waals surface area contributed by atoms with Crippen LogP contribution >= 0.6 is 11.6 Å². The number of nitrogens with one attached hydrogen (secondary N) is 2. The molecule has 0 bridgehead atoms. The molecule has 3 N–H and O–H groups in total. The number of carbonyl (C=O) groups excluding carboxylic acids is 1. The first-order valence-corrected chi connectivity index (χ1v) is 7.08. The Kier molecular flexibility index (Phi) is 5.04.